The zero-order chi connectivity index (χ0) is 15.5. The zero-order valence-electron chi connectivity index (χ0n) is 11.8. The van der Waals surface area contributed by atoms with Gasteiger partial charge in [-0.1, -0.05) is 13.0 Å². The first-order valence-electron chi connectivity index (χ1n) is 4.58. The minimum Gasteiger partial charge on any atom is -0.411 e. The van der Waals surface area contributed by atoms with Crippen LogP contribution >= 0.6 is 36.7 Å². The molecule has 10 heteroatoms. The molecule has 0 spiro atoms. The van der Waals surface area contributed by atoms with Crippen LogP contribution in [0.15, 0.2) is 0 Å². The van der Waals surface area contributed by atoms with Crippen molar-refractivity contribution in [1.82, 2.24) is 14.7 Å². The molecule has 0 saturated heterocycles. The quantitative estimate of drug-likeness (QED) is 0.253. The van der Waals surface area contributed by atoms with Crippen LogP contribution in [0.5, 0.6) is 0 Å². The number of thiocarbonyl (C=S) groups is 3. The van der Waals surface area contributed by atoms with Crippen molar-refractivity contribution in [3.8, 4) is 0 Å². The monoisotopic (exact) mass is 540 g/mol. The molecule has 0 fully saturated rings. The number of hydrogen-bond acceptors (Lipinski definition) is 6. The molecule has 3 nitrogen and oxygen atoms in total. The summed E-state index contributed by atoms with van der Waals surface area (Å²) in [4.78, 5) is 5.14. The van der Waals surface area contributed by atoms with Crippen LogP contribution in [-0.4, -0.2) is 69.9 Å². The molecule has 1 radical (unpaired) electrons. The molecule has 0 aromatic carbocycles. The maximum atomic E-state index is 4.56. The molecule has 0 aliphatic carbocycles. The summed E-state index contributed by atoms with van der Waals surface area (Å²) in [7, 11) is 11.0. The van der Waals surface area contributed by atoms with Gasteiger partial charge in [0.15, 0.2) is 0 Å². The van der Waals surface area contributed by atoms with E-state index in [9.17, 15) is 0 Å². The SMILES string of the molecule is CN(C)C(=S)[S-].CN(C)C(=S)[S-].CN(C)C(=S)[S-].[Hf+3]. The fourth-order valence-electron chi connectivity index (χ4n) is 0. The number of hydrogen-bond donors (Lipinski definition) is 0. The summed E-state index contributed by atoms with van der Waals surface area (Å²) in [6.45, 7) is 0. The smallest absolute Gasteiger partial charge is 0.411 e. The Morgan fingerprint density at radius 1 is 0.579 bits per heavy atom. The van der Waals surface area contributed by atoms with E-state index in [2.05, 4.69) is 74.5 Å². The third kappa shape index (κ3) is 32.6. The van der Waals surface area contributed by atoms with Crippen LogP contribution in [0.4, 0.5) is 0 Å². The van der Waals surface area contributed by atoms with E-state index in [0.29, 0.717) is 13.0 Å². The third-order valence-corrected chi connectivity index (χ3v) is 3.29. The van der Waals surface area contributed by atoms with Gasteiger partial charge in [-0.15, -0.1) is 0 Å². The molecule has 0 aromatic rings. The molecule has 109 valence electrons. The number of nitrogens with zero attached hydrogens (tertiary/aromatic N) is 3. The van der Waals surface area contributed by atoms with Gasteiger partial charge < -0.3 is 89.2 Å². The Hall–Kier alpha value is 1.20. The molecule has 0 unspecified atom stereocenters. The second-order valence-electron chi connectivity index (χ2n) is 3.48. The van der Waals surface area contributed by atoms with Crippen LogP contribution in [0.2, 0.25) is 0 Å². The Morgan fingerprint density at radius 2 is 0.632 bits per heavy atom. The summed E-state index contributed by atoms with van der Waals surface area (Å²) in [6.07, 6.45) is 0. The van der Waals surface area contributed by atoms with Gasteiger partial charge in [-0.2, -0.15) is 0 Å². The molecule has 0 rings (SSSR count). The van der Waals surface area contributed by atoms with Gasteiger partial charge in [0.1, 0.15) is 0 Å². The standard InChI is InChI=1S/3C3H7NS2.Hf/c3*1-4(2)3(5)6;/h3*1-2H3,(H,5,6);/q;;;+3/p-3. The first kappa shape index (κ1) is 28.4. The van der Waals surface area contributed by atoms with E-state index in [1.54, 1.807) is 14.7 Å². The van der Waals surface area contributed by atoms with Crippen LogP contribution in [0.1, 0.15) is 0 Å². The van der Waals surface area contributed by atoms with Gasteiger partial charge in [-0.25, -0.2) is 0 Å². The summed E-state index contributed by atoms with van der Waals surface area (Å²) >= 11 is 27.4. The fraction of sp³-hybridized carbons (Fsp3) is 0.667. The van der Waals surface area contributed by atoms with Gasteiger partial charge in [0, 0.05) is 42.3 Å². The predicted molar refractivity (Wildman–Crippen MR) is 101 cm³/mol. The van der Waals surface area contributed by atoms with E-state index in [1.807, 2.05) is 42.3 Å². The summed E-state index contributed by atoms with van der Waals surface area (Å²) in [6, 6.07) is 0. The van der Waals surface area contributed by atoms with Crippen molar-refractivity contribution in [2.24, 2.45) is 0 Å². The van der Waals surface area contributed by atoms with Gasteiger partial charge in [0.05, 0.1) is 0 Å². The van der Waals surface area contributed by atoms with Crippen molar-refractivity contribution >= 4 is 87.5 Å². The van der Waals surface area contributed by atoms with Gasteiger partial charge in [-0.3, -0.25) is 0 Å². The Morgan fingerprint density at radius 3 is 0.632 bits per heavy atom. The van der Waals surface area contributed by atoms with Crippen molar-refractivity contribution in [3.63, 3.8) is 0 Å². The molecule has 0 amide bonds. The first-order valence-corrected chi connectivity index (χ1v) is 7.03. The third-order valence-electron chi connectivity index (χ3n) is 1.10. The van der Waals surface area contributed by atoms with Crippen LogP contribution in [0.3, 0.4) is 0 Å². The Labute approximate surface area is 168 Å². The maximum absolute atomic E-state index is 4.56. The van der Waals surface area contributed by atoms with Crippen molar-refractivity contribution < 1.29 is 25.8 Å². The second-order valence-corrected chi connectivity index (χ2v) is 6.58. The van der Waals surface area contributed by atoms with E-state index < -0.39 is 0 Å². The Bertz CT molecular complexity index is 228. The van der Waals surface area contributed by atoms with Crippen molar-refractivity contribution in [1.29, 1.82) is 0 Å². The minimum absolute atomic E-state index is 0. The minimum atomic E-state index is 0. The van der Waals surface area contributed by atoms with Gasteiger partial charge in [0.2, 0.25) is 0 Å². The molecule has 0 N–H and O–H groups in total. The molecular weight excluding hydrogens is 521 g/mol. The molecule has 0 aromatic heterocycles. The van der Waals surface area contributed by atoms with Crippen LogP contribution < -0.4 is 0 Å². The van der Waals surface area contributed by atoms with Gasteiger partial charge in [-0.05, 0) is 0 Å². The average Bonchev–Trinajstić information content (AvgIpc) is 2.18. The zero-order valence-corrected chi connectivity index (χ0v) is 20.3. The van der Waals surface area contributed by atoms with Crippen LogP contribution in [-0.2, 0) is 63.7 Å². The van der Waals surface area contributed by atoms with E-state index in [0.717, 1.165) is 0 Å². The molecule has 0 aliphatic rings. The largest absolute Gasteiger partial charge is 3.00 e. The van der Waals surface area contributed by atoms with E-state index >= 15 is 0 Å². The summed E-state index contributed by atoms with van der Waals surface area (Å²) in [5, 5.41) is 0. The molecule has 19 heavy (non-hydrogen) atoms. The fourth-order valence-corrected chi connectivity index (χ4v) is 0. The van der Waals surface area contributed by atoms with Gasteiger partial charge in [0.25, 0.3) is 0 Å². The van der Waals surface area contributed by atoms with E-state index in [1.165, 1.54) is 0 Å². The summed E-state index contributed by atoms with van der Waals surface area (Å²) < 4.78 is 1.53. The van der Waals surface area contributed by atoms with Crippen molar-refractivity contribution in [3.05, 3.63) is 0 Å². The molecule has 0 atom stereocenters. The average molecular weight is 539 g/mol. The molecule has 0 heterocycles. The van der Waals surface area contributed by atoms with Gasteiger partial charge >= 0.3 is 25.8 Å². The summed E-state index contributed by atoms with van der Waals surface area (Å²) in [5.74, 6) is 0. The van der Waals surface area contributed by atoms with Crippen molar-refractivity contribution in [2.75, 3.05) is 42.3 Å². The molecule has 0 bridgehead atoms. The van der Waals surface area contributed by atoms with E-state index in [-0.39, 0.29) is 25.8 Å². The Balaban J connectivity index is -0.0000000865. The Kier molecular flexibility index (Phi) is 25.8. The topological polar surface area (TPSA) is 9.72 Å². The molecular formula is C9H18HfN3S6. The normalized spacial score (nSPS) is 7.26. The predicted octanol–water partition coefficient (Wildman–Crippen LogP) is 1.14. The molecule has 0 aliphatic heterocycles. The van der Waals surface area contributed by atoms with Crippen LogP contribution in [0.25, 0.3) is 0 Å². The summed E-state index contributed by atoms with van der Waals surface area (Å²) in [5.41, 5.74) is 0. The first-order chi connectivity index (χ1) is 7.93. The van der Waals surface area contributed by atoms with Crippen LogP contribution in [0, 0.1) is 0 Å². The molecule has 0 saturated carbocycles. The number of rotatable bonds is 0. The van der Waals surface area contributed by atoms with Crippen molar-refractivity contribution in [2.45, 2.75) is 0 Å². The maximum Gasteiger partial charge on any atom is 3.00 e. The second kappa shape index (κ2) is 17.3. The van der Waals surface area contributed by atoms with E-state index in [4.69, 9.17) is 0 Å².